The van der Waals surface area contributed by atoms with Gasteiger partial charge in [0.2, 0.25) is 0 Å². The lowest BCUT2D eigenvalue weighted by Gasteiger charge is -2.23. The van der Waals surface area contributed by atoms with Gasteiger partial charge in [-0.25, -0.2) is 4.99 Å². The fraction of sp³-hybridized carbons (Fsp3) is 0.471. The summed E-state index contributed by atoms with van der Waals surface area (Å²) in [4.78, 5) is 4.27. The smallest absolute Gasteiger partial charge is 0.189 e. The average Bonchev–Trinajstić information content (AvgIpc) is 2.53. The molecule has 0 bridgehead atoms. The van der Waals surface area contributed by atoms with Crippen molar-refractivity contribution < 1.29 is 4.74 Å². The van der Waals surface area contributed by atoms with Gasteiger partial charge in [0.05, 0.1) is 12.6 Å². The number of benzene rings is 1. The first-order valence-electron chi connectivity index (χ1n) is 7.68. The molecule has 1 aromatic carbocycles. The van der Waals surface area contributed by atoms with Gasteiger partial charge in [-0.1, -0.05) is 24.6 Å². The molecule has 122 valence electrons. The van der Waals surface area contributed by atoms with Crippen molar-refractivity contribution in [3.05, 3.63) is 42.5 Å². The van der Waals surface area contributed by atoms with Crippen LogP contribution in [0.15, 0.2) is 41.9 Å². The Morgan fingerprint density at radius 2 is 1.95 bits per heavy atom. The number of nitrogens with one attached hydrogen (secondary N) is 1. The van der Waals surface area contributed by atoms with E-state index < -0.39 is 0 Å². The van der Waals surface area contributed by atoms with E-state index in [2.05, 4.69) is 16.9 Å². The summed E-state index contributed by atoms with van der Waals surface area (Å²) in [6.07, 6.45) is 8.41. The van der Waals surface area contributed by atoms with Crippen LogP contribution in [0.5, 0.6) is 5.75 Å². The summed E-state index contributed by atoms with van der Waals surface area (Å²) in [5, 5.41) is 2.95. The largest absolute Gasteiger partial charge is 0.490 e. The Morgan fingerprint density at radius 3 is 2.59 bits per heavy atom. The minimum absolute atomic E-state index is 0. The third-order valence-electron chi connectivity index (χ3n) is 3.64. The second-order valence-electron chi connectivity index (χ2n) is 5.39. The van der Waals surface area contributed by atoms with Gasteiger partial charge in [-0.3, -0.25) is 0 Å². The topological polar surface area (TPSA) is 59.6 Å². The number of hydrogen-bond acceptors (Lipinski definition) is 2. The molecule has 1 fully saturated rings. The first kappa shape index (κ1) is 18.8. The zero-order chi connectivity index (χ0) is 14.9. The highest BCUT2D eigenvalue weighted by Crippen LogP contribution is 2.23. The van der Waals surface area contributed by atoms with E-state index in [1.807, 2.05) is 24.3 Å². The van der Waals surface area contributed by atoms with Crippen molar-refractivity contribution >= 4 is 29.9 Å². The molecule has 0 spiro atoms. The van der Waals surface area contributed by atoms with Crippen molar-refractivity contribution in [3.63, 3.8) is 0 Å². The zero-order valence-electron chi connectivity index (χ0n) is 13.0. The van der Waals surface area contributed by atoms with Crippen LogP contribution in [0.4, 0.5) is 0 Å². The molecule has 0 atom stereocenters. The molecule has 5 heteroatoms. The fourth-order valence-corrected chi connectivity index (χ4v) is 2.46. The lowest BCUT2D eigenvalue weighted by atomic mass is 9.98. The number of ether oxygens (including phenoxy) is 1. The van der Waals surface area contributed by atoms with Crippen LogP contribution in [0.2, 0.25) is 0 Å². The van der Waals surface area contributed by atoms with Crippen molar-refractivity contribution in [1.29, 1.82) is 0 Å². The molecule has 0 heterocycles. The van der Waals surface area contributed by atoms with Gasteiger partial charge in [0, 0.05) is 6.54 Å². The first-order valence-corrected chi connectivity index (χ1v) is 7.68. The molecule has 0 unspecified atom stereocenters. The summed E-state index contributed by atoms with van der Waals surface area (Å²) >= 11 is 0. The van der Waals surface area contributed by atoms with E-state index in [1.54, 1.807) is 6.08 Å². The van der Waals surface area contributed by atoms with Crippen LogP contribution in [0, 0.1) is 0 Å². The third kappa shape index (κ3) is 6.68. The second kappa shape index (κ2) is 10.5. The SMILES string of the molecule is C=CCNC(N)=NCc1ccc(OC2CCCCC2)cc1.I. The van der Waals surface area contributed by atoms with Gasteiger partial charge in [-0.2, -0.15) is 0 Å². The Labute approximate surface area is 150 Å². The van der Waals surface area contributed by atoms with Gasteiger partial charge < -0.3 is 15.8 Å². The molecule has 0 saturated heterocycles. The van der Waals surface area contributed by atoms with Crippen molar-refractivity contribution in [1.82, 2.24) is 5.32 Å². The molecular weight excluding hydrogens is 389 g/mol. The van der Waals surface area contributed by atoms with E-state index in [0.717, 1.165) is 11.3 Å². The maximum absolute atomic E-state index is 6.01. The highest BCUT2D eigenvalue weighted by molar-refractivity contribution is 14.0. The van der Waals surface area contributed by atoms with Gasteiger partial charge in [0.25, 0.3) is 0 Å². The molecular formula is C17H26IN3O. The predicted octanol–water partition coefficient (Wildman–Crippen LogP) is 3.61. The van der Waals surface area contributed by atoms with E-state index in [1.165, 1.54) is 32.1 Å². The molecule has 0 amide bonds. The molecule has 1 aliphatic rings. The number of hydrogen-bond donors (Lipinski definition) is 2. The standard InChI is InChI=1S/C17H25N3O.HI/c1-2-12-19-17(18)20-13-14-8-10-16(11-9-14)21-15-6-4-3-5-7-15;/h2,8-11,15H,1,3-7,12-13H2,(H3,18,19,20);1H. The zero-order valence-corrected chi connectivity index (χ0v) is 15.3. The fourth-order valence-electron chi connectivity index (χ4n) is 2.46. The maximum atomic E-state index is 6.01. The summed E-state index contributed by atoms with van der Waals surface area (Å²) in [5.74, 6) is 1.39. The number of guanidine groups is 1. The maximum Gasteiger partial charge on any atom is 0.189 e. The third-order valence-corrected chi connectivity index (χ3v) is 3.64. The molecule has 0 aromatic heterocycles. The van der Waals surface area contributed by atoms with Gasteiger partial charge in [0.15, 0.2) is 5.96 Å². The molecule has 1 aromatic rings. The van der Waals surface area contributed by atoms with Gasteiger partial charge in [-0.15, -0.1) is 30.6 Å². The molecule has 1 aliphatic carbocycles. The summed E-state index contributed by atoms with van der Waals surface area (Å²) in [5.41, 5.74) is 6.85. The highest BCUT2D eigenvalue weighted by Gasteiger charge is 2.14. The first-order chi connectivity index (χ1) is 10.3. The van der Waals surface area contributed by atoms with Crippen LogP contribution >= 0.6 is 24.0 Å². The van der Waals surface area contributed by atoms with Crippen molar-refractivity contribution in [2.45, 2.75) is 44.8 Å². The van der Waals surface area contributed by atoms with Crippen LogP contribution in [0.1, 0.15) is 37.7 Å². The van der Waals surface area contributed by atoms with Crippen molar-refractivity contribution in [2.24, 2.45) is 10.7 Å². The van der Waals surface area contributed by atoms with Gasteiger partial charge in [0.1, 0.15) is 5.75 Å². The van der Waals surface area contributed by atoms with Gasteiger partial charge in [-0.05, 0) is 43.4 Å². The lowest BCUT2D eigenvalue weighted by Crippen LogP contribution is -2.31. The quantitative estimate of drug-likeness (QED) is 0.323. The van der Waals surface area contributed by atoms with E-state index in [-0.39, 0.29) is 24.0 Å². The summed E-state index contributed by atoms with van der Waals surface area (Å²) in [6.45, 7) is 4.82. The monoisotopic (exact) mass is 415 g/mol. The second-order valence-corrected chi connectivity index (χ2v) is 5.39. The molecule has 0 aliphatic heterocycles. The normalized spacial score (nSPS) is 15.7. The summed E-state index contributed by atoms with van der Waals surface area (Å²) in [7, 11) is 0. The van der Waals surface area contributed by atoms with Gasteiger partial charge >= 0.3 is 0 Å². The minimum Gasteiger partial charge on any atom is -0.490 e. The molecule has 22 heavy (non-hydrogen) atoms. The Hall–Kier alpha value is -1.24. The van der Waals surface area contributed by atoms with Crippen LogP contribution in [-0.2, 0) is 6.54 Å². The number of halogens is 1. The number of nitrogens with two attached hydrogens (primary N) is 1. The van der Waals surface area contributed by atoms with Crippen LogP contribution < -0.4 is 15.8 Å². The summed E-state index contributed by atoms with van der Waals surface area (Å²) in [6, 6.07) is 8.13. The Kier molecular flexibility index (Phi) is 8.96. The Balaban J connectivity index is 0.00000242. The van der Waals surface area contributed by atoms with Crippen molar-refractivity contribution in [3.8, 4) is 5.75 Å². The Morgan fingerprint density at radius 1 is 1.27 bits per heavy atom. The molecule has 1 saturated carbocycles. The summed E-state index contributed by atoms with van der Waals surface area (Å²) < 4.78 is 6.01. The predicted molar refractivity (Wildman–Crippen MR) is 103 cm³/mol. The minimum atomic E-state index is 0. The van der Waals surface area contributed by atoms with E-state index in [0.29, 0.717) is 25.2 Å². The van der Waals surface area contributed by atoms with Crippen LogP contribution in [0.3, 0.4) is 0 Å². The number of rotatable bonds is 6. The molecule has 2 rings (SSSR count). The van der Waals surface area contributed by atoms with E-state index >= 15 is 0 Å². The van der Waals surface area contributed by atoms with Crippen LogP contribution in [-0.4, -0.2) is 18.6 Å². The lowest BCUT2D eigenvalue weighted by molar-refractivity contribution is 0.155. The van der Waals surface area contributed by atoms with Crippen molar-refractivity contribution in [2.75, 3.05) is 6.54 Å². The van der Waals surface area contributed by atoms with E-state index in [4.69, 9.17) is 10.5 Å². The highest BCUT2D eigenvalue weighted by atomic mass is 127. The van der Waals surface area contributed by atoms with Crippen LogP contribution in [0.25, 0.3) is 0 Å². The number of aliphatic imine (C=N–C) groups is 1. The Bertz CT molecular complexity index is 467. The molecule has 3 N–H and O–H groups in total. The van der Waals surface area contributed by atoms with E-state index in [9.17, 15) is 0 Å². The molecule has 0 radical (unpaired) electrons. The number of nitrogens with zero attached hydrogens (tertiary/aromatic N) is 1. The average molecular weight is 415 g/mol. The molecule has 4 nitrogen and oxygen atoms in total.